The van der Waals surface area contributed by atoms with Crippen LogP contribution in [-0.2, 0) is 4.79 Å². The van der Waals surface area contributed by atoms with E-state index < -0.39 is 0 Å². The molecule has 0 aromatic heterocycles. The van der Waals surface area contributed by atoms with E-state index in [1.54, 1.807) is 0 Å². The molecular weight excluding hydrogens is 140 g/mol. The van der Waals surface area contributed by atoms with Gasteiger partial charge in [-0.25, -0.2) is 0 Å². The summed E-state index contributed by atoms with van der Waals surface area (Å²) in [7, 11) is 0. The Morgan fingerprint density at radius 1 is 1.64 bits per heavy atom. The average molecular weight is 156 g/mol. The summed E-state index contributed by atoms with van der Waals surface area (Å²) in [6.45, 7) is 7.19. The van der Waals surface area contributed by atoms with Gasteiger partial charge in [0.25, 0.3) is 0 Å². The first-order valence-corrected chi connectivity index (χ1v) is 4.09. The van der Waals surface area contributed by atoms with Gasteiger partial charge in [0.15, 0.2) is 0 Å². The van der Waals surface area contributed by atoms with Gasteiger partial charge >= 0.3 is 0 Å². The van der Waals surface area contributed by atoms with E-state index in [-0.39, 0.29) is 11.9 Å². The third-order valence-corrected chi connectivity index (χ3v) is 2.75. The number of primary amides is 1. The van der Waals surface area contributed by atoms with E-state index in [1.165, 1.54) is 0 Å². The van der Waals surface area contributed by atoms with Crippen LogP contribution in [0.5, 0.6) is 0 Å². The number of likely N-dealkylation sites (tertiary alicyclic amines) is 1. The fraction of sp³-hybridized carbons (Fsp3) is 0.875. The van der Waals surface area contributed by atoms with Gasteiger partial charge in [-0.05, 0) is 19.8 Å². The lowest BCUT2D eigenvalue weighted by Gasteiger charge is -2.47. The van der Waals surface area contributed by atoms with Crippen molar-refractivity contribution in [1.82, 2.24) is 4.90 Å². The standard InChI is InChI=1S/C8H16N2O/c1-5-4-10(6(5)2)7(3)8(9)11/h5-7H,4H2,1-3H3,(H2,9,11). The Kier molecular flexibility index (Phi) is 2.18. The Labute approximate surface area is 67.5 Å². The van der Waals surface area contributed by atoms with Gasteiger partial charge in [-0.15, -0.1) is 0 Å². The Balaban J connectivity index is 2.45. The molecule has 1 saturated heterocycles. The Morgan fingerprint density at radius 3 is 2.45 bits per heavy atom. The normalized spacial score (nSPS) is 34.5. The molecule has 0 aliphatic carbocycles. The van der Waals surface area contributed by atoms with Gasteiger partial charge in [0.2, 0.25) is 5.91 Å². The highest BCUT2D eigenvalue weighted by Gasteiger charge is 2.36. The van der Waals surface area contributed by atoms with Crippen LogP contribution < -0.4 is 5.73 Å². The summed E-state index contributed by atoms with van der Waals surface area (Å²) in [5.41, 5.74) is 5.17. The molecule has 1 rings (SSSR count). The van der Waals surface area contributed by atoms with E-state index in [9.17, 15) is 4.79 Å². The second-order valence-corrected chi connectivity index (χ2v) is 3.49. The lowest BCUT2D eigenvalue weighted by Crippen LogP contribution is -2.60. The number of hydrogen-bond acceptors (Lipinski definition) is 2. The predicted octanol–water partition coefficient (Wildman–Crippen LogP) is 0.200. The van der Waals surface area contributed by atoms with Crippen LogP contribution in [-0.4, -0.2) is 29.4 Å². The van der Waals surface area contributed by atoms with Crippen molar-refractivity contribution >= 4 is 5.91 Å². The number of carbonyl (C=O) groups excluding carboxylic acids is 1. The van der Waals surface area contributed by atoms with E-state index in [1.807, 2.05) is 6.92 Å². The summed E-state index contributed by atoms with van der Waals surface area (Å²) in [6, 6.07) is 0.415. The third-order valence-electron chi connectivity index (χ3n) is 2.75. The van der Waals surface area contributed by atoms with Crippen LogP contribution in [0.1, 0.15) is 20.8 Å². The molecule has 1 aliphatic heterocycles. The monoisotopic (exact) mass is 156 g/mol. The van der Waals surface area contributed by atoms with Crippen LogP contribution in [0.4, 0.5) is 0 Å². The summed E-state index contributed by atoms with van der Waals surface area (Å²) >= 11 is 0. The lowest BCUT2D eigenvalue weighted by atomic mass is 9.90. The van der Waals surface area contributed by atoms with Crippen molar-refractivity contribution in [3.05, 3.63) is 0 Å². The van der Waals surface area contributed by atoms with Crippen molar-refractivity contribution in [2.45, 2.75) is 32.9 Å². The van der Waals surface area contributed by atoms with Gasteiger partial charge in [-0.1, -0.05) is 6.92 Å². The molecule has 0 aromatic carbocycles. The minimum absolute atomic E-state index is 0.0961. The zero-order valence-corrected chi connectivity index (χ0v) is 7.37. The molecule has 0 spiro atoms. The summed E-state index contributed by atoms with van der Waals surface area (Å²) in [4.78, 5) is 12.9. The fourth-order valence-electron chi connectivity index (χ4n) is 1.51. The molecule has 3 atom stereocenters. The second kappa shape index (κ2) is 2.81. The number of nitrogens with two attached hydrogens (primary N) is 1. The number of amides is 1. The number of hydrogen-bond donors (Lipinski definition) is 1. The molecule has 1 aliphatic rings. The van der Waals surface area contributed by atoms with Gasteiger partial charge in [-0.3, -0.25) is 9.69 Å². The summed E-state index contributed by atoms with van der Waals surface area (Å²) in [5.74, 6) is 0.487. The summed E-state index contributed by atoms with van der Waals surface area (Å²) in [6.07, 6.45) is 0. The number of carbonyl (C=O) groups is 1. The van der Waals surface area contributed by atoms with Gasteiger partial charge in [0, 0.05) is 12.6 Å². The highest BCUT2D eigenvalue weighted by Crippen LogP contribution is 2.25. The quantitative estimate of drug-likeness (QED) is 0.621. The van der Waals surface area contributed by atoms with Crippen molar-refractivity contribution in [1.29, 1.82) is 0 Å². The van der Waals surface area contributed by atoms with Gasteiger partial charge < -0.3 is 5.73 Å². The molecule has 0 bridgehead atoms. The SMILES string of the molecule is CC1CN(C(C)C(N)=O)C1C. The molecule has 2 N–H and O–H groups in total. The Morgan fingerprint density at radius 2 is 2.18 bits per heavy atom. The Bertz CT molecular complexity index is 169. The van der Waals surface area contributed by atoms with Crippen LogP contribution in [0.3, 0.4) is 0 Å². The number of rotatable bonds is 2. The van der Waals surface area contributed by atoms with Crippen molar-refractivity contribution < 1.29 is 4.79 Å². The maximum absolute atomic E-state index is 10.8. The van der Waals surface area contributed by atoms with E-state index in [2.05, 4.69) is 18.7 Å². The first-order valence-electron chi connectivity index (χ1n) is 4.09. The second-order valence-electron chi connectivity index (χ2n) is 3.49. The van der Waals surface area contributed by atoms with E-state index in [4.69, 9.17) is 5.73 Å². The van der Waals surface area contributed by atoms with Crippen LogP contribution in [0.15, 0.2) is 0 Å². The van der Waals surface area contributed by atoms with Crippen LogP contribution in [0, 0.1) is 5.92 Å². The third kappa shape index (κ3) is 1.38. The molecule has 1 amide bonds. The first kappa shape index (κ1) is 8.53. The van der Waals surface area contributed by atoms with E-state index in [0.29, 0.717) is 12.0 Å². The number of nitrogens with zero attached hydrogens (tertiary/aromatic N) is 1. The highest BCUT2D eigenvalue weighted by atomic mass is 16.1. The maximum atomic E-state index is 10.8. The molecule has 0 radical (unpaired) electrons. The zero-order chi connectivity index (χ0) is 8.59. The Hall–Kier alpha value is -0.570. The van der Waals surface area contributed by atoms with Crippen molar-refractivity contribution in [2.24, 2.45) is 11.7 Å². The molecular formula is C8H16N2O. The molecule has 0 saturated carbocycles. The maximum Gasteiger partial charge on any atom is 0.234 e. The smallest absolute Gasteiger partial charge is 0.234 e. The molecule has 1 heterocycles. The predicted molar refractivity (Wildman–Crippen MR) is 44.0 cm³/mol. The van der Waals surface area contributed by atoms with E-state index >= 15 is 0 Å². The molecule has 64 valence electrons. The van der Waals surface area contributed by atoms with Crippen LogP contribution in [0.2, 0.25) is 0 Å². The van der Waals surface area contributed by atoms with Crippen molar-refractivity contribution in [3.63, 3.8) is 0 Å². The molecule has 3 unspecified atom stereocenters. The lowest BCUT2D eigenvalue weighted by molar-refractivity contribution is -0.127. The fourth-order valence-corrected chi connectivity index (χ4v) is 1.51. The molecule has 0 aromatic rings. The van der Waals surface area contributed by atoms with Crippen LogP contribution in [0.25, 0.3) is 0 Å². The minimum Gasteiger partial charge on any atom is -0.368 e. The van der Waals surface area contributed by atoms with Crippen molar-refractivity contribution in [3.8, 4) is 0 Å². The first-order chi connectivity index (χ1) is 5.04. The minimum atomic E-state index is -0.219. The topological polar surface area (TPSA) is 46.3 Å². The molecule has 3 heteroatoms. The highest BCUT2D eigenvalue weighted by molar-refractivity contribution is 5.79. The van der Waals surface area contributed by atoms with Crippen LogP contribution >= 0.6 is 0 Å². The molecule has 11 heavy (non-hydrogen) atoms. The summed E-state index contributed by atoms with van der Waals surface area (Å²) in [5, 5.41) is 0. The van der Waals surface area contributed by atoms with E-state index in [0.717, 1.165) is 6.54 Å². The summed E-state index contributed by atoms with van der Waals surface area (Å²) < 4.78 is 0. The molecule has 3 nitrogen and oxygen atoms in total. The largest absolute Gasteiger partial charge is 0.368 e. The van der Waals surface area contributed by atoms with Crippen molar-refractivity contribution in [2.75, 3.05) is 6.54 Å². The average Bonchev–Trinajstić information content (AvgIpc) is 1.98. The van der Waals surface area contributed by atoms with Gasteiger partial charge in [0.1, 0.15) is 0 Å². The zero-order valence-electron chi connectivity index (χ0n) is 7.37. The van der Waals surface area contributed by atoms with Gasteiger partial charge in [-0.2, -0.15) is 0 Å². The van der Waals surface area contributed by atoms with Gasteiger partial charge in [0.05, 0.1) is 6.04 Å². The molecule has 1 fully saturated rings.